The molecular weight excluding hydrogens is 204 g/mol. The topological polar surface area (TPSA) is 64.4 Å². The van der Waals surface area contributed by atoms with Gasteiger partial charge in [0.05, 0.1) is 12.6 Å². The first-order valence-electron chi connectivity index (χ1n) is 6.26. The fourth-order valence-corrected chi connectivity index (χ4v) is 1.41. The molecule has 16 heavy (non-hydrogen) atoms. The summed E-state index contributed by atoms with van der Waals surface area (Å²) in [5.41, 5.74) is 5.79. The Morgan fingerprint density at radius 1 is 1.56 bits per heavy atom. The number of carbonyl (C=O) groups excluding carboxylic acids is 1. The molecule has 1 aliphatic rings. The maximum atomic E-state index is 11.6. The number of carbonyl (C=O) groups is 1. The number of hydrogen-bond acceptors (Lipinski definition) is 3. The van der Waals surface area contributed by atoms with E-state index in [1.54, 1.807) is 0 Å². The van der Waals surface area contributed by atoms with Gasteiger partial charge in [0, 0.05) is 13.2 Å². The van der Waals surface area contributed by atoms with E-state index in [0.29, 0.717) is 13.2 Å². The third-order valence-electron chi connectivity index (χ3n) is 3.16. The molecule has 0 saturated heterocycles. The third kappa shape index (κ3) is 4.94. The zero-order valence-corrected chi connectivity index (χ0v) is 10.4. The lowest BCUT2D eigenvalue weighted by molar-refractivity contribution is -0.123. The molecule has 0 bridgehead atoms. The quantitative estimate of drug-likeness (QED) is 0.607. The number of rotatable bonds is 8. The summed E-state index contributed by atoms with van der Waals surface area (Å²) in [7, 11) is 0. The van der Waals surface area contributed by atoms with E-state index in [1.807, 2.05) is 13.8 Å². The van der Waals surface area contributed by atoms with Crippen molar-refractivity contribution >= 4 is 5.91 Å². The van der Waals surface area contributed by atoms with E-state index in [4.69, 9.17) is 10.5 Å². The summed E-state index contributed by atoms with van der Waals surface area (Å²) < 4.78 is 5.42. The van der Waals surface area contributed by atoms with E-state index in [1.165, 1.54) is 12.8 Å². The Labute approximate surface area is 97.9 Å². The normalized spacial score (nSPS) is 19.2. The molecule has 1 unspecified atom stereocenters. The molecule has 0 aromatic carbocycles. The van der Waals surface area contributed by atoms with Crippen LogP contribution in [0.15, 0.2) is 0 Å². The number of nitrogens with two attached hydrogens (primary N) is 1. The fraction of sp³-hybridized carbons (Fsp3) is 0.917. The molecule has 1 saturated carbocycles. The molecule has 1 amide bonds. The number of ether oxygens (including phenoxy) is 1. The van der Waals surface area contributed by atoms with Gasteiger partial charge in [-0.2, -0.15) is 0 Å². The van der Waals surface area contributed by atoms with Gasteiger partial charge in [-0.3, -0.25) is 4.79 Å². The summed E-state index contributed by atoms with van der Waals surface area (Å²) >= 11 is 0. The Kier molecular flexibility index (Phi) is 5.77. The number of nitrogens with one attached hydrogen (secondary N) is 1. The second-order valence-electron chi connectivity index (χ2n) is 4.72. The van der Waals surface area contributed by atoms with E-state index in [0.717, 1.165) is 18.9 Å². The fourth-order valence-electron chi connectivity index (χ4n) is 1.41. The van der Waals surface area contributed by atoms with Crippen LogP contribution < -0.4 is 11.1 Å². The number of hydrogen-bond donors (Lipinski definition) is 2. The Bertz CT molecular complexity index is 217. The average Bonchev–Trinajstić information content (AvgIpc) is 3.10. The van der Waals surface area contributed by atoms with Crippen LogP contribution in [0.2, 0.25) is 0 Å². The highest BCUT2D eigenvalue weighted by Gasteiger charge is 2.21. The van der Waals surface area contributed by atoms with Gasteiger partial charge in [-0.25, -0.2) is 0 Å². The average molecular weight is 228 g/mol. The molecule has 0 spiro atoms. The lowest BCUT2D eigenvalue weighted by atomic mass is 9.99. The predicted molar refractivity (Wildman–Crippen MR) is 64.0 cm³/mol. The molecule has 2 atom stereocenters. The smallest absolute Gasteiger partial charge is 0.237 e. The lowest BCUT2D eigenvalue weighted by Crippen LogP contribution is -2.45. The van der Waals surface area contributed by atoms with Crippen LogP contribution in [0.1, 0.15) is 33.1 Å². The molecule has 4 heteroatoms. The van der Waals surface area contributed by atoms with Gasteiger partial charge in [-0.15, -0.1) is 0 Å². The van der Waals surface area contributed by atoms with Gasteiger partial charge in [0.25, 0.3) is 0 Å². The van der Waals surface area contributed by atoms with Gasteiger partial charge in [-0.05, 0) is 24.7 Å². The second kappa shape index (κ2) is 6.86. The summed E-state index contributed by atoms with van der Waals surface area (Å²) in [4.78, 5) is 11.6. The summed E-state index contributed by atoms with van der Waals surface area (Å²) in [5.74, 6) is 0.940. The minimum absolute atomic E-state index is 0.0654. The molecular formula is C12H24N2O2. The molecule has 0 heterocycles. The molecule has 1 aliphatic carbocycles. The van der Waals surface area contributed by atoms with Crippen LogP contribution in [-0.2, 0) is 9.53 Å². The van der Waals surface area contributed by atoms with Crippen molar-refractivity contribution in [3.05, 3.63) is 0 Å². The van der Waals surface area contributed by atoms with Crippen molar-refractivity contribution in [2.45, 2.75) is 39.2 Å². The van der Waals surface area contributed by atoms with Crippen LogP contribution in [0.5, 0.6) is 0 Å². The van der Waals surface area contributed by atoms with Gasteiger partial charge >= 0.3 is 0 Å². The zero-order chi connectivity index (χ0) is 12.0. The van der Waals surface area contributed by atoms with Crippen molar-refractivity contribution in [3.8, 4) is 0 Å². The standard InChI is InChI=1S/C12H24N2O2/c1-3-9(2)11(13)12(15)14-6-7-16-8-10-4-5-10/h9-11H,3-8,13H2,1-2H3,(H,14,15)/t9?,11-/m0/s1. The van der Waals surface area contributed by atoms with Crippen molar-refractivity contribution in [2.75, 3.05) is 19.8 Å². The van der Waals surface area contributed by atoms with Crippen molar-refractivity contribution in [1.82, 2.24) is 5.32 Å². The van der Waals surface area contributed by atoms with Crippen molar-refractivity contribution in [3.63, 3.8) is 0 Å². The first kappa shape index (κ1) is 13.5. The summed E-state index contributed by atoms with van der Waals surface area (Å²) in [6.07, 6.45) is 3.52. The van der Waals surface area contributed by atoms with Crippen molar-refractivity contribution in [1.29, 1.82) is 0 Å². The Morgan fingerprint density at radius 2 is 2.25 bits per heavy atom. The molecule has 0 radical (unpaired) electrons. The van der Waals surface area contributed by atoms with Gasteiger partial charge < -0.3 is 15.8 Å². The van der Waals surface area contributed by atoms with Crippen LogP contribution in [-0.4, -0.2) is 31.7 Å². The van der Waals surface area contributed by atoms with Gasteiger partial charge in [0.2, 0.25) is 5.91 Å². The van der Waals surface area contributed by atoms with Crippen LogP contribution in [0.3, 0.4) is 0 Å². The lowest BCUT2D eigenvalue weighted by Gasteiger charge is -2.17. The van der Waals surface area contributed by atoms with Crippen LogP contribution in [0.4, 0.5) is 0 Å². The van der Waals surface area contributed by atoms with Crippen LogP contribution in [0.25, 0.3) is 0 Å². The predicted octanol–water partition coefficient (Wildman–Crippen LogP) is 0.903. The Hall–Kier alpha value is -0.610. The van der Waals surface area contributed by atoms with Crippen LogP contribution >= 0.6 is 0 Å². The first-order valence-corrected chi connectivity index (χ1v) is 6.26. The van der Waals surface area contributed by atoms with E-state index >= 15 is 0 Å². The highest BCUT2D eigenvalue weighted by molar-refractivity contribution is 5.81. The summed E-state index contributed by atoms with van der Waals surface area (Å²) in [5, 5.41) is 2.80. The summed E-state index contributed by atoms with van der Waals surface area (Å²) in [6, 6.07) is -0.395. The van der Waals surface area contributed by atoms with Crippen molar-refractivity contribution < 1.29 is 9.53 Å². The third-order valence-corrected chi connectivity index (χ3v) is 3.16. The first-order chi connectivity index (χ1) is 7.65. The van der Waals surface area contributed by atoms with Crippen molar-refractivity contribution in [2.24, 2.45) is 17.6 Å². The Balaban J connectivity index is 1.99. The molecule has 94 valence electrons. The molecule has 0 aliphatic heterocycles. The van der Waals surface area contributed by atoms with E-state index in [-0.39, 0.29) is 11.8 Å². The van der Waals surface area contributed by atoms with Gasteiger partial charge in [-0.1, -0.05) is 20.3 Å². The Morgan fingerprint density at radius 3 is 2.81 bits per heavy atom. The molecule has 0 aromatic rings. The van der Waals surface area contributed by atoms with E-state index in [2.05, 4.69) is 5.32 Å². The highest BCUT2D eigenvalue weighted by Crippen LogP contribution is 2.28. The van der Waals surface area contributed by atoms with Gasteiger partial charge in [0.1, 0.15) is 0 Å². The molecule has 1 rings (SSSR count). The van der Waals surface area contributed by atoms with E-state index in [9.17, 15) is 4.79 Å². The molecule has 4 nitrogen and oxygen atoms in total. The molecule has 1 fully saturated rings. The van der Waals surface area contributed by atoms with Crippen LogP contribution in [0, 0.1) is 11.8 Å². The minimum Gasteiger partial charge on any atom is -0.379 e. The maximum absolute atomic E-state index is 11.6. The van der Waals surface area contributed by atoms with E-state index < -0.39 is 6.04 Å². The molecule has 3 N–H and O–H groups in total. The highest BCUT2D eigenvalue weighted by atomic mass is 16.5. The zero-order valence-electron chi connectivity index (χ0n) is 10.4. The monoisotopic (exact) mass is 228 g/mol. The summed E-state index contributed by atoms with van der Waals surface area (Å²) in [6.45, 7) is 6.03. The second-order valence-corrected chi connectivity index (χ2v) is 4.72. The largest absolute Gasteiger partial charge is 0.379 e. The minimum atomic E-state index is -0.395. The van der Waals surface area contributed by atoms with Gasteiger partial charge in [0.15, 0.2) is 0 Å². The SMILES string of the molecule is CCC(C)[C@H](N)C(=O)NCCOCC1CC1. The maximum Gasteiger partial charge on any atom is 0.237 e. The number of amides is 1. The molecule has 0 aromatic heterocycles.